The quantitative estimate of drug-likeness (QED) is 0.698. The molecule has 2 aromatic carbocycles. The number of hydrogen-bond acceptors (Lipinski definition) is 4. The van der Waals surface area contributed by atoms with Gasteiger partial charge in [-0.2, -0.15) is 5.10 Å². The topological polar surface area (TPSA) is 65.4 Å². The lowest BCUT2D eigenvalue weighted by Crippen LogP contribution is -2.35. The van der Waals surface area contributed by atoms with Crippen LogP contribution in [0.3, 0.4) is 0 Å². The van der Waals surface area contributed by atoms with Crippen molar-refractivity contribution in [1.29, 1.82) is 0 Å². The summed E-state index contributed by atoms with van der Waals surface area (Å²) in [6.07, 6.45) is 0. The van der Waals surface area contributed by atoms with Crippen molar-refractivity contribution in [2.45, 2.75) is 13.0 Å². The van der Waals surface area contributed by atoms with E-state index in [-0.39, 0.29) is 11.9 Å². The van der Waals surface area contributed by atoms with Crippen LogP contribution in [0, 0.1) is 0 Å². The summed E-state index contributed by atoms with van der Waals surface area (Å²) in [5.74, 6) is 0.542. The molecule has 3 rings (SSSR count). The number of nitrogens with zero attached hydrogens (tertiary/aromatic N) is 2. The summed E-state index contributed by atoms with van der Waals surface area (Å²) in [5, 5.41) is 7.44. The molecule has 0 saturated heterocycles. The van der Waals surface area contributed by atoms with Crippen molar-refractivity contribution in [2.24, 2.45) is 0 Å². The molecule has 0 saturated carbocycles. The zero-order chi connectivity index (χ0) is 19.2. The normalized spacial score (nSPS) is 11.8. The third kappa shape index (κ3) is 4.35. The van der Waals surface area contributed by atoms with Crippen LogP contribution in [0.15, 0.2) is 60.7 Å². The molecule has 0 aliphatic rings. The Morgan fingerprint density at radius 3 is 2.44 bits per heavy atom. The highest BCUT2D eigenvalue weighted by Gasteiger charge is 2.18. The second-order valence-electron chi connectivity index (χ2n) is 6.22. The van der Waals surface area contributed by atoms with E-state index in [2.05, 4.69) is 10.4 Å². The Labute approximate surface area is 158 Å². The standard InChI is InChI=1S/C21H23N3O3/c1-15(14-26-2)22-21(25)19-13-20(16-9-11-18(27-3)12-10-16)24(23-19)17-7-5-4-6-8-17/h4-13,15H,14H2,1-3H3,(H,22,25). The van der Waals surface area contributed by atoms with Gasteiger partial charge in [0.1, 0.15) is 5.75 Å². The number of amides is 1. The molecule has 140 valence electrons. The van der Waals surface area contributed by atoms with Gasteiger partial charge in [0.05, 0.1) is 25.1 Å². The predicted molar refractivity (Wildman–Crippen MR) is 104 cm³/mol. The SMILES string of the molecule is COCC(C)NC(=O)c1cc(-c2ccc(OC)cc2)n(-c2ccccc2)n1. The number of ether oxygens (including phenoxy) is 2. The Morgan fingerprint density at radius 2 is 1.81 bits per heavy atom. The molecule has 27 heavy (non-hydrogen) atoms. The number of aromatic nitrogens is 2. The minimum absolute atomic E-state index is 0.103. The smallest absolute Gasteiger partial charge is 0.272 e. The molecule has 0 radical (unpaired) electrons. The van der Waals surface area contributed by atoms with Crippen LogP contribution in [0.5, 0.6) is 5.75 Å². The molecule has 1 aromatic heterocycles. The lowest BCUT2D eigenvalue weighted by Gasteiger charge is -2.11. The van der Waals surface area contributed by atoms with Gasteiger partial charge in [-0.15, -0.1) is 0 Å². The molecule has 0 spiro atoms. The fourth-order valence-corrected chi connectivity index (χ4v) is 2.81. The summed E-state index contributed by atoms with van der Waals surface area (Å²) in [6, 6.07) is 19.1. The van der Waals surface area contributed by atoms with Crippen molar-refractivity contribution in [2.75, 3.05) is 20.8 Å². The highest BCUT2D eigenvalue weighted by atomic mass is 16.5. The maximum atomic E-state index is 12.6. The Bertz CT molecular complexity index is 889. The number of para-hydroxylation sites is 1. The molecule has 1 unspecified atom stereocenters. The van der Waals surface area contributed by atoms with Gasteiger partial charge >= 0.3 is 0 Å². The number of benzene rings is 2. The average Bonchev–Trinajstić information content (AvgIpc) is 3.14. The van der Waals surface area contributed by atoms with Crippen LogP contribution >= 0.6 is 0 Å². The fourth-order valence-electron chi connectivity index (χ4n) is 2.81. The molecule has 0 aliphatic carbocycles. The van der Waals surface area contributed by atoms with Crippen LogP contribution in [0.25, 0.3) is 16.9 Å². The first kappa shape index (κ1) is 18.7. The number of carbonyl (C=O) groups excluding carboxylic acids is 1. The van der Waals surface area contributed by atoms with E-state index in [1.54, 1.807) is 25.0 Å². The minimum Gasteiger partial charge on any atom is -0.497 e. The molecule has 1 N–H and O–H groups in total. The van der Waals surface area contributed by atoms with Gasteiger partial charge in [0.15, 0.2) is 5.69 Å². The monoisotopic (exact) mass is 365 g/mol. The maximum Gasteiger partial charge on any atom is 0.272 e. The molecule has 0 bridgehead atoms. The van der Waals surface area contributed by atoms with Crippen LogP contribution in [-0.2, 0) is 4.74 Å². The molecular weight excluding hydrogens is 342 g/mol. The van der Waals surface area contributed by atoms with Crippen molar-refractivity contribution in [3.05, 3.63) is 66.4 Å². The Balaban J connectivity index is 2.00. The van der Waals surface area contributed by atoms with E-state index in [4.69, 9.17) is 9.47 Å². The first-order chi connectivity index (χ1) is 13.1. The average molecular weight is 365 g/mol. The molecule has 0 fully saturated rings. The molecule has 6 nitrogen and oxygen atoms in total. The Morgan fingerprint density at radius 1 is 1.11 bits per heavy atom. The highest BCUT2D eigenvalue weighted by molar-refractivity contribution is 5.93. The summed E-state index contributed by atoms with van der Waals surface area (Å²) in [5.41, 5.74) is 3.00. The molecular formula is C21H23N3O3. The van der Waals surface area contributed by atoms with Gasteiger partial charge in [0, 0.05) is 18.7 Å². The molecule has 3 aromatic rings. The van der Waals surface area contributed by atoms with Crippen LogP contribution in [0.1, 0.15) is 17.4 Å². The summed E-state index contributed by atoms with van der Waals surface area (Å²) in [6.45, 7) is 2.33. The molecule has 1 amide bonds. The van der Waals surface area contributed by atoms with Gasteiger partial charge in [0.2, 0.25) is 0 Å². The zero-order valence-corrected chi connectivity index (χ0v) is 15.7. The lowest BCUT2D eigenvalue weighted by atomic mass is 10.1. The van der Waals surface area contributed by atoms with Gasteiger partial charge in [-0.1, -0.05) is 18.2 Å². The Kier molecular flexibility index (Phi) is 5.88. The third-order valence-corrected chi connectivity index (χ3v) is 4.12. The van der Waals surface area contributed by atoms with Gasteiger partial charge in [-0.25, -0.2) is 4.68 Å². The van der Waals surface area contributed by atoms with E-state index < -0.39 is 0 Å². The van der Waals surface area contributed by atoms with Gasteiger partial charge in [0.25, 0.3) is 5.91 Å². The minimum atomic E-state index is -0.232. The molecule has 1 heterocycles. The van der Waals surface area contributed by atoms with Crippen molar-refractivity contribution >= 4 is 5.91 Å². The van der Waals surface area contributed by atoms with Crippen molar-refractivity contribution in [3.63, 3.8) is 0 Å². The van der Waals surface area contributed by atoms with Crippen LogP contribution < -0.4 is 10.1 Å². The predicted octanol–water partition coefficient (Wildman–Crippen LogP) is 3.31. The van der Waals surface area contributed by atoms with E-state index in [9.17, 15) is 4.79 Å². The van der Waals surface area contributed by atoms with Crippen LogP contribution in [-0.4, -0.2) is 42.6 Å². The van der Waals surface area contributed by atoms with E-state index >= 15 is 0 Å². The summed E-state index contributed by atoms with van der Waals surface area (Å²) in [4.78, 5) is 12.6. The van der Waals surface area contributed by atoms with E-state index in [0.29, 0.717) is 12.3 Å². The van der Waals surface area contributed by atoms with E-state index in [1.165, 1.54) is 0 Å². The number of carbonyl (C=O) groups is 1. The van der Waals surface area contributed by atoms with E-state index in [1.807, 2.05) is 61.5 Å². The molecule has 6 heteroatoms. The third-order valence-electron chi connectivity index (χ3n) is 4.12. The second kappa shape index (κ2) is 8.51. The van der Waals surface area contributed by atoms with Crippen LogP contribution in [0.2, 0.25) is 0 Å². The lowest BCUT2D eigenvalue weighted by molar-refractivity contribution is 0.0900. The number of methoxy groups -OCH3 is 2. The van der Waals surface area contributed by atoms with Gasteiger partial charge in [-0.3, -0.25) is 4.79 Å². The van der Waals surface area contributed by atoms with Gasteiger partial charge in [-0.05, 0) is 49.4 Å². The number of rotatable bonds is 7. The van der Waals surface area contributed by atoms with Crippen LogP contribution in [0.4, 0.5) is 0 Å². The summed E-state index contributed by atoms with van der Waals surface area (Å²) < 4.78 is 12.1. The van der Waals surface area contributed by atoms with Crippen molar-refractivity contribution in [1.82, 2.24) is 15.1 Å². The highest BCUT2D eigenvalue weighted by Crippen LogP contribution is 2.26. The zero-order valence-electron chi connectivity index (χ0n) is 15.7. The van der Waals surface area contributed by atoms with E-state index in [0.717, 1.165) is 22.7 Å². The Hall–Kier alpha value is -3.12. The summed E-state index contributed by atoms with van der Waals surface area (Å²) >= 11 is 0. The molecule has 0 aliphatic heterocycles. The number of nitrogens with one attached hydrogen (secondary N) is 1. The number of hydrogen-bond donors (Lipinski definition) is 1. The van der Waals surface area contributed by atoms with Crippen molar-refractivity contribution in [3.8, 4) is 22.7 Å². The molecule has 1 atom stereocenters. The second-order valence-corrected chi connectivity index (χ2v) is 6.22. The largest absolute Gasteiger partial charge is 0.497 e. The fraction of sp³-hybridized carbons (Fsp3) is 0.238. The first-order valence-corrected chi connectivity index (χ1v) is 8.72. The van der Waals surface area contributed by atoms with Crippen molar-refractivity contribution < 1.29 is 14.3 Å². The van der Waals surface area contributed by atoms with Gasteiger partial charge < -0.3 is 14.8 Å². The first-order valence-electron chi connectivity index (χ1n) is 8.72. The summed E-state index contributed by atoms with van der Waals surface area (Å²) in [7, 11) is 3.24. The maximum absolute atomic E-state index is 12.6.